The molecular formula is C19H27IN4O2. The fourth-order valence-electron chi connectivity index (χ4n) is 2.27. The second-order valence-electron chi connectivity index (χ2n) is 5.72. The number of pyridine rings is 1. The maximum Gasteiger partial charge on any atom is 0.213 e. The number of nitrogens with zero attached hydrogens (tertiary/aromatic N) is 2. The van der Waals surface area contributed by atoms with Crippen LogP contribution in [-0.2, 0) is 6.54 Å². The quantitative estimate of drug-likeness (QED) is 0.370. The van der Waals surface area contributed by atoms with E-state index in [1.165, 1.54) is 5.56 Å². The van der Waals surface area contributed by atoms with Gasteiger partial charge in [-0.05, 0) is 37.6 Å². The molecule has 0 radical (unpaired) electrons. The van der Waals surface area contributed by atoms with E-state index >= 15 is 0 Å². The van der Waals surface area contributed by atoms with Crippen molar-refractivity contribution >= 4 is 29.9 Å². The largest absolute Gasteiger partial charge is 0.489 e. The predicted octanol–water partition coefficient (Wildman–Crippen LogP) is 3.15. The van der Waals surface area contributed by atoms with Gasteiger partial charge in [0, 0.05) is 13.1 Å². The molecule has 26 heavy (non-hydrogen) atoms. The van der Waals surface area contributed by atoms with Crippen LogP contribution in [0.1, 0.15) is 18.2 Å². The molecule has 1 heterocycles. The molecule has 2 aromatic rings. The van der Waals surface area contributed by atoms with Gasteiger partial charge in [0.2, 0.25) is 5.88 Å². The Hall–Kier alpha value is -2.03. The lowest BCUT2D eigenvalue weighted by Gasteiger charge is -2.18. The van der Waals surface area contributed by atoms with E-state index in [4.69, 9.17) is 9.47 Å². The smallest absolute Gasteiger partial charge is 0.213 e. The maximum atomic E-state index is 5.91. The molecule has 1 unspecified atom stereocenters. The van der Waals surface area contributed by atoms with Gasteiger partial charge in [-0.3, -0.25) is 4.99 Å². The van der Waals surface area contributed by atoms with Crippen LogP contribution in [0.25, 0.3) is 0 Å². The summed E-state index contributed by atoms with van der Waals surface area (Å²) in [5, 5.41) is 6.49. The molecule has 1 aromatic carbocycles. The Morgan fingerprint density at radius 1 is 1.19 bits per heavy atom. The number of benzene rings is 1. The number of rotatable bonds is 7. The average Bonchev–Trinajstić information content (AvgIpc) is 2.62. The fourth-order valence-corrected chi connectivity index (χ4v) is 2.27. The lowest BCUT2D eigenvalue weighted by molar-refractivity contribution is 0.223. The monoisotopic (exact) mass is 470 g/mol. The van der Waals surface area contributed by atoms with Gasteiger partial charge >= 0.3 is 0 Å². The minimum absolute atomic E-state index is 0. The predicted molar refractivity (Wildman–Crippen MR) is 116 cm³/mol. The number of aryl methyl sites for hydroxylation is 1. The third kappa shape index (κ3) is 7.47. The van der Waals surface area contributed by atoms with Gasteiger partial charge in [-0.2, -0.15) is 0 Å². The van der Waals surface area contributed by atoms with Gasteiger partial charge in [0.15, 0.2) is 5.96 Å². The minimum atomic E-state index is 0. The molecule has 0 amide bonds. The van der Waals surface area contributed by atoms with Gasteiger partial charge in [0.05, 0.1) is 25.9 Å². The third-order valence-corrected chi connectivity index (χ3v) is 3.53. The summed E-state index contributed by atoms with van der Waals surface area (Å²) in [4.78, 5) is 8.58. The molecule has 0 bridgehead atoms. The van der Waals surface area contributed by atoms with Crippen molar-refractivity contribution in [2.24, 2.45) is 4.99 Å². The lowest BCUT2D eigenvalue weighted by Crippen LogP contribution is -2.41. The molecule has 2 rings (SSSR count). The van der Waals surface area contributed by atoms with Crippen molar-refractivity contribution in [3.63, 3.8) is 0 Å². The van der Waals surface area contributed by atoms with Crippen LogP contribution >= 0.6 is 24.0 Å². The second-order valence-corrected chi connectivity index (χ2v) is 5.72. The van der Waals surface area contributed by atoms with Crippen LogP contribution in [0.3, 0.4) is 0 Å². The van der Waals surface area contributed by atoms with Crippen LogP contribution in [0.2, 0.25) is 0 Å². The molecule has 142 valence electrons. The Morgan fingerprint density at radius 3 is 2.65 bits per heavy atom. The van der Waals surface area contributed by atoms with Gasteiger partial charge in [-0.15, -0.1) is 24.0 Å². The van der Waals surface area contributed by atoms with Gasteiger partial charge in [-0.1, -0.05) is 18.2 Å². The Bertz CT molecular complexity index is 709. The first-order valence-corrected chi connectivity index (χ1v) is 8.28. The van der Waals surface area contributed by atoms with E-state index in [2.05, 4.69) is 20.6 Å². The van der Waals surface area contributed by atoms with Crippen molar-refractivity contribution in [1.82, 2.24) is 15.6 Å². The van der Waals surface area contributed by atoms with E-state index in [9.17, 15) is 0 Å². The van der Waals surface area contributed by atoms with Crippen molar-refractivity contribution in [3.05, 3.63) is 53.7 Å². The van der Waals surface area contributed by atoms with Gasteiger partial charge in [-0.25, -0.2) is 4.98 Å². The molecule has 0 saturated heterocycles. The van der Waals surface area contributed by atoms with Crippen molar-refractivity contribution in [1.29, 1.82) is 0 Å². The number of ether oxygens (including phenoxy) is 2. The summed E-state index contributed by atoms with van der Waals surface area (Å²) in [7, 11) is 3.34. The number of nitrogens with one attached hydrogen (secondary N) is 2. The normalized spacial score (nSPS) is 11.9. The maximum absolute atomic E-state index is 5.91. The molecule has 0 spiro atoms. The number of halogens is 1. The first kappa shape index (κ1) is 22.0. The Morgan fingerprint density at radius 2 is 1.96 bits per heavy atom. The standard InChI is InChI=1S/C19H26N4O2.HI/c1-14-7-5-9-17(11-14)25-15(2)12-21-19(20-3)22-13-16-8-6-10-18(23-16)24-4;/h5-11,15H,12-13H2,1-4H3,(H2,20,21,22);1H. The molecule has 1 aromatic heterocycles. The summed E-state index contributed by atoms with van der Waals surface area (Å²) in [6.45, 7) is 5.27. The van der Waals surface area contributed by atoms with Gasteiger partial charge in [0.25, 0.3) is 0 Å². The number of aliphatic imine (C=N–C) groups is 1. The highest BCUT2D eigenvalue weighted by Crippen LogP contribution is 2.13. The van der Waals surface area contributed by atoms with Crippen molar-refractivity contribution < 1.29 is 9.47 Å². The minimum Gasteiger partial charge on any atom is -0.489 e. The molecule has 1 atom stereocenters. The Kier molecular flexibility index (Phi) is 9.79. The lowest BCUT2D eigenvalue weighted by atomic mass is 10.2. The number of guanidine groups is 1. The van der Waals surface area contributed by atoms with Crippen LogP contribution in [0.5, 0.6) is 11.6 Å². The van der Waals surface area contributed by atoms with Crippen LogP contribution in [0.15, 0.2) is 47.5 Å². The molecule has 0 saturated carbocycles. The van der Waals surface area contributed by atoms with Crippen molar-refractivity contribution in [2.45, 2.75) is 26.5 Å². The van der Waals surface area contributed by atoms with E-state index in [0.29, 0.717) is 24.9 Å². The molecule has 0 aliphatic heterocycles. The van der Waals surface area contributed by atoms with E-state index in [1.54, 1.807) is 14.2 Å². The topological polar surface area (TPSA) is 67.8 Å². The molecule has 6 nitrogen and oxygen atoms in total. The fraction of sp³-hybridized carbons (Fsp3) is 0.368. The van der Waals surface area contributed by atoms with E-state index in [1.807, 2.05) is 56.3 Å². The van der Waals surface area contributed by atoms with E-state index in [-0.39, 0.29) is 30.1 Å². The van der Waals surface area contributed by atoms with Crippen LogP contribution in [0.4, 0.5) is 0 Å². The Balaban J connectivity index is 0.00000338. The van der Waals surface area contributed by atoms with Crippen LogP contribution in [-0.4, -0.2) is 37.7 Å². The highest BCUT2D eigenvalue weighted by Gasteiger charge is 2.06. The van der Waals surface area contributed by atoms with Crippen LogP contribution in [0, 0.1) is 6.92 Å². The zero-order valence-electron chi connectivity index (χ0n) is 15.7. The highest BCUT2D eigenvalue weighted by molar-refractivity contribution is 14.0. The molecule has 7 heteroatoms. The summed E-state index contributed by atoms with van der Waals surface area (Å²) in [5.74, 6) is 2.17. The summed E-state index contributed by atoms with van der Waals surface area (Å²) in [5.41, 5.74) is 2.06. The number of aromatic nitrogens is 1. The average molecular weight is 470 g/mol. The first-order chi connectivity index (χ1) is 12.1. The summed E-state index contributed by atoms with van der Waals surface area (Å²) in [6.07, 6.45) is 0.00953. The SMILES string of the molecule is CN=C(NCc1cccc(OC)n1)NCC(C)Oc1cccc(C)c1.I. The van der Waals surface area contributed by atoms with Crippen molar-refractivity contribution in [3.8, 4) is 11.6 Å². The summed E-state index contributed by atoms with van der Waals surface area (Å²) < 4.78 is 11.0. The van der Waals surface area contributed by atoms with Crippen molar-refractivity contribution in [2.75, 3.05) is 20.7 Å². The molecule has 0 aliphatic rings. The van der Waals surface area contributed by atoms with E-state index in [0.717, 1.165) is 11.4 Å². The highest BCUT2D eigenvalue weighted by atomic mass is 127. The van der Waals surface area contributed by atoms with Gasteiger partial charge in [0.1, 0.15) is 11.9 Å². The molecule has 0 fully saturated rings. The first-order valence-electron chi connectivity index (χ1n) is 8.28. The molecule has 2 N–H and O–H groups in total. The molecular weight excluding hydrogens is 443 g/mol. The number of methoxy groups -OCH3 is 1. The number of hydrogen-bond donors (Lipinski definition) is 2. The zero-order chi connectivity index (χ0) is 18.1. The Labute approximate surface area is 172 Å². The summed E-state index contributed by atoms with van der Waals surface area (Å²) in [6, 6.07) is 13.7. The zero-order valence-corrected chi connectivity index (χ0v) is 18.0. The van der Waals surface area contributed by atoms with Gasteiger partial charge < -0.3 is 20.1 Å². The van der Waals surface area contributed by atoms with Crippen LogP contribution < -0.4 is 20.1 Å². The number of hydrogen-bond acceptors (Lipinski definition) is 4. The van der Waals surface area contributed by atoms with E-state index < -0.39 is 0 Å². The summed E-state index contributed by atoms with van der Waals surface area (Å²) >= 11 is 0. The second kappa shape index (κ2) is 11.6. The molecule has 0 aliphatic carbocycles. The third-order valence-electron chi connectivity index (χ3n) is 3.53.